The van der Waals surface area contributed by atoms with Gasteiger partial charge in [0.1, 0.15) is 5.75 Å². The number of amides is 1. The summed E-state index contributed by atoms with van der Waals surface area (Å²) >= 11 is 6.75. The van der Waals surface area contributed by atoms with Crippen LogP contribution in [0.4, 0.5) is 0 Å². The van der Waals surface area contributed by atoms with Crippen LogP contribution in [0.3, 0.4) is 0 Å². The fourth-order valence-electron chi connectivity index (χ4n) is 1.99. The Bertz CT molecular complexity index is 780. The molecule has 0 saturated heterocycles. The van der Waals surface area contributed by atoms with Gasteiger partial charge in [-0.2, -0.15) is 5.10 Å². The van der Waals surface area contributed by atoms with E-state index in [1.807, 2.05) is 31.2 Å². The van der Waals surface area contributed by atoms with Crippen molar-refractivity contribution in [1.29, 1.82) is 0 Å². The Morgan fingerprint density at radius 1 is 1.19 bits per heavy atom. The highest BCUT2D eigenvalue weighted by molar-refractivity contribution is 9.11. The summed E-state index contributed by atoms with van der Waals surface area (Å²) in [6.45, 7) is 2.34. The predicted molar refractivity (Wildman–Crippen MR) is 107 cm³/mol. The zero-order valence-corrected chi connectivity index (χ0v) is 17.5. The molecule has 0 aliphatic carbocycles. The number of methoxy groups -OCH3 is 1. The van der Waals surface area contributed by atoms with Gasteiger partial charge in [0.05, 0.1) is 24.4 Å². The van der Waals surface area contributed by atoms with E-state index in [0.717, 1.165) is 15.8 Å². The van der Waals surface area contributed by atoms with E-state index >= 15 is 0 Å². The van der Waals surface area contributed by atoms with Crippen LogP contribution in [0.5, 0.6) is 17.2 Å². The first-order chi connectivity index (χ1) is 12.5. The van der Waals surface area contributed by atoms with Gasteiger partial charge in [0.25, 0.3) is 5.91 Å². The van der Waals surface area contributed by atoms with Gasteiger partial charge in [-0.15, -0.1) is 0 Å². The summed E-state index contributed by atoms with van der Waals surface area (Å²) in [6.07, 6.45) is 1.55. The number of nitrogens with zero attached hydrogens (tertiary/aromatic N) is 1. The first-order valence-electron chi connectivity index (χ1n) is 7.74. The fraction of sp³-hybridized carbons (Fsp3) is 0.222. The number of rotatable bonds is 8. The molecule has 8 heteroatoms. The second kappa shape index (κ2) is 10.2. The van der Waals surface area contributed by atoms with Gasteiger partial charge in [0.2, 0.25) is 0 Å². The first-order valence-corrected chi connectivity index (χ1v) is 9.32. The molecule has 0 aliphatic rings. The van der Waals surface area contributed by atoms with Crippen molar-refractivity contribution in [3.05, 3.63) is 50.9 Å². The predicted octanol–water partition coefficient (Wildman–Crippen LogP) is 4.15. The standard InChI is InChI=1S/C18H18Br2N2O4/c1-3-25-14-6-4-12(5-7-14)10-21-22-17(23)11-26-18-15(20)8-13(19)9-16(18)24-2/h4-10H,3,11H2,1-2H3,(H,22,23)/b21-10-. The molecule has 6 nitrogen and oxygen atoms in total. The number of carbonyl (C=O) groups excluding carboxylic acids is 1. The van der Waals surface area contributed by atoms with Crippen LogP contribution in [0.2, 0.25) is 0 Å². The SMILES string of the molecule is CCOc1ccc(/C=N\NC(=O)COc2c(Br)cc(Br)cc2OC)cc1. The molecule has 0 bridgehead atoms. The van der Waals surface area contributed by atoms with Gasteiger partial charge in [0.15, 0.2) is 18.1 Å². The molecule has 2 rings (SSSR count). The first kappa shape index (κ1) is 20.3. The lowest BCUT2D eigenvalue weighted by atomic mass is 10.2. The van der Waals surface area contributed by atoms with Crippen molar-refractivity contribution in [3.8, 4) is 17.2 Å². The molecule has 0 unspecified atom stereocenters. The summed E-state index contributed by atoms with van der Waals surface area (Å²) in [5.74, 6) is 1.36. The van der Waals surface area contributed by atoms with Gasteiger partial charge in [-0.25, -0.2) is 5.43 Å². The minimum Gasteiger partial charge on any atom is -0.494 e. The average Bonchev–Trinajstić information content (AvgIpc) is 2.62. The Hall–Kier alpha value is -2.06. The maximum atomic E-state index is 11.9. The summed E-state index contributed by atoms with van der Waals surface area (Å²) in [4.78, 5) is 11.9. The molecule has 2 aromatic rings. The zero-order valence-electron chi connectivity index (χ0n) is 14.3. The van der Waals surface area contributed by atoms with Crippen molar-refractivity contribution in [2.45, 2.75) is 6.92 Å². The Balaban J connectivity index is 1.87. The monoisotopic (exact) mass is 484 g/mol. The van der Waals surface area contributed by atoms with Crippen LogP contribution in [0.1, 0.15) is 12.5 Å². The lowest BCUT2D eigenvalue weighted by molar-refractivity contribution is -0.123. The fourth-order valence-corrected chi connectivity index (χ4v) is 3.29. The number of benzene rings is 2. The van der Waals surface area contributed by atoms with E-state index in [9.17, 15) is 4.79 Å². The van der Waals surface area contributed by atoms with E-state index in [0.29, 0.717) is 22.6 Å². The lowest BCUT2D eigenvalue weighted by Crippen LogP contribution is -2.24. The average molecular weight is 486 g/mol. The number of hydrogen-bond acceptors (Lipinski definition) is 5. The number of halogens is 2. The second-order valence-electron chi connectivity index (χ2n) is 5.00. The van der Waals surface area contributed by atoms with Crippen molar-refractivity contribution >= 4 is 44.0 Å². The van der Waals surface area contributed by atoms with E-state index in [4.69, 9.17) is 14.2 Å². The molecule has 26 heavy (non-hydrogen) atoms. The van der Waals surface area contributed by atoms with Gasteiger partial charge >= 0.3 is 0 Å². The van der Waals surface area contributed by atoms with Crippen LogP contribution < -0.4 is 19.6 Å². The third kappa shape index (κ3) is 6.03. The summed E-state index contributed by atoms with van der Waals surface area (Å²) in [5.41, 5.74) is 3.26. The third-order valence-corrected chi connectivity index (χ3v) is 4.18. The summed E-state index contributed by atoms with van der Waals surface area (Å²) in [5, 5.41) is 3.91. The Labute approximate surface area is 168 Å². The molecular weight excluding hydrogens is 468 g/mol. The van der Waals surface area contributed by atoms with Crippen LogP contribution >= 0.6 is 31.9 Å². The smallest absolute Gasteiger partial charge is 0.277 e. The van der Waals surface area contributed by atoms with Crippen molar-refractivity contribution in [2.75, 3.05) is 20.3 Å². The zero-order chi connectivity index (χ0) is 18.9. The van der Waals surface area contributed by atoms with Crippen LogP contribution in [-0.4, -0.2) is 32.4 Å². The molecule has 0 aromatic heterocycles. The number of carbonyl (C=O) groups is 1. The lowest BCUT2D eigenvalue weighted by Gasteiger charge is -2.12. The molecule has 0 saturated carbocycles. The molecule has 0 spiro atoms. The van der Waals surface area contributed by atoms with E-state index in [1.165, 1.54) is 7.11 Å². The molecule has 0 atom stereocenters. The van der Waals surface area contributed by atoms with Crippen molar-refractivity contribution in [1.82, 2.24) is 5.43 Å². The highest BCUT2D eigenvalue weighted by Gasteiger charge is 2.12. The normalized spacial score (nSPS) is 10.6. The van der Waals surface area contributed by atoms with Gasteiger partial charge in [-0.05, 0) is 64.8 Å². The molecule has 0 heterocycles. The van der Waals surface area contributed by atoms with Crippen molar-refractivity contribution < 1.29 is 19.0 Å². The summed E-state index contributed by atoms with van der Waals surface area (Å²) in [7, 11) is 1.53. The number of ether oxygens (including phenoxy) is 3. The largest absolute Gasteiger partial charge is 0.494 e. The number of nitrogens with one attached hydrogen (secondary N) is 1. The Kier molecular flexibility index (Phi) is 7.93. The summed E-state index contributed by atoms with van der Waals surface area (Å²) < 4.78 is 17.6. The maximum absolute atomic E-state index is 11.9. The molecule has 1 amide bonds. The summed E-state index contributed by atoms with van der Waals surface area (Å²) in [6, 6.07) is 10.9. The molecule has 2 aromatic carbocycles. The molecule has 0 radical (unpaired) electrons. The van der Waals surface area contributed by atoms with Crippen molar-refractivity contribution in [2.24, 2.45) is 5.10 Å². The van der Waals surface area contributed by atoms with Crippen LogP contribution in [0, 0.1) is 0 Å². The highest BCUT2D eigenvalue weighted by Crippen LogP contribution is 2.38. The van der Waals surface area contributed by atoms with Crippen molar-refractivity contribution in [3.63, 3.8) is 0 Å². The highest BCUT2D eigenvalue weighted by atomic mass is 79.9. The Morgan fingerprint density at radius 3 is 2.58 bits per heavy atom. The molecule has 138 valence electrons. The van der Waals surface area contributed by atoms with Crippen LogP contribution in [0.25, 0.3) is 0 Å². The van der Waals surface area contributed by atoms with Crippen LogP contribution in [0.15, 0.2) is 50.4 Å². The van der Waals surface area contributed by atoms with E-state index in [-0.39, 0.29) is 12.5 Å². The Morgan fingerprint density at radius 2 is 1.92 bits per heavy atom. The van der Waals surface area contributed by atoms with Crippen LogP contribution in [-0.2, 0) is 4.79 Å². The van der Waals surface area contributed by atoms with Gasteiger partial charge < -0.3 is 14.2 Å². The van der Waals surface area contributed by atoms with Gasteiger partial charge in [0, 0.05) is 4.47 Å². The molecule has 0 aliphatic heterocycles. The third-order valence-electron chi connectivity index (χ3n) is 3.14. The van der Waals surface area contributed by atoms with Gasteiger partial charge in [-0.1, -0.05) is 15.9 Å². The minimum atomic E-state index is -0.385. The van der Waals surface area contributed by atoms with E-state index in [1.54, 1.807) is 18.3 Å². The topological polar surface area (TPSA) is 69.2 Å². The molecule has 0 fully saturated rings. The number of hydrogen-bond donors (Lipinski definition) is 1. The second-order valence-corrected chi connectivity index (χ2v) is 6.77. The van der Waals surface area contributed by atoms with E-state index < -0.39 is 0 Å². The minimum absolute atomic E-state index is 0.197. The quantitative estimate of drug-likeness (QED) is 0.450. The van der Waals surface area contributed by atoms with Gasteiger partial charge in [-0.3, -0.25) is 4.79 Å². The molecule has 1 N–H and O–H groups in total. The number of hydrazone groups is 1. The molecular formula is C18H18Br2N2O4. The maximum Gasteiger partial charge on any atom is 0.277 e. The van der Waals surface area contributed by atoms with E-state index in [2.05, 4.69) is 42.4 Å².